The van der Waals surface area contributed by atoms with Gasteiger partial charge >= 0.3 is 5.97 Å². The Balaban J connectivity index is 2.51. The van der Waals surface area contributed by atoms with E-state index in [9.17, 15) is 9.90 Å². The molecule has 1 N–H and O–H groups in total. The van der Waals surface area contributed by atoms with Crippen molar-refractivity contribution in [3.63, 3.8) is 0 Å². The highest BCUT2D eigenvalue weighted by Gasteiger charge is 2.20. The van der Waals surface area contributed by atoms with E-state index < -0.39 is 5.97 Å². The summed E-state index contributed by atoms with van der Waals surface area (Å²) in [5.74, 6) is -0.158. The van der Waals surface area contributed by atoms with Crippen molar-refractivity contribution in [2.45, 2.75) is 6.92 Å². The number of benzene rings is 1. The molecule has 1 aromatic carbocycles. The largest absolute Gasteiger partial charge is 0.496 e. The highest BCUT2D eigenvalue weighted by molar-refractivity contribution is 6.34. The van der Waals surface area contributed by atoms with Crippen molar-refractivity contribution in [1.29, 1.82) is 0 Å². The van der Waals surface area contributed by atoms with Crippen molar-refractivity contribution in [3.8, 4) is 23.3 Å². The maximum atomic E-state index is 11.4. The molecule has 0 amide bonds. The molecule has 0 saturated carbocycles. The lowest BCUT2D eigenvalue weighted by Gasteiger charge is -2.13. The molecule has 0 unspecified atom stereocenters. The number of hydrogen-bond acceptors (Lipinski definition) is 5. The average Bonchev–Trinajstić information content (AvgIpc) is 2.50. The zero-order valence-corrected chi connectivity index (χ0v) is 13.0. The maximum Gasteiger partial charge on any atom is 0.341 e. The second-order valence-electron chi connectivity index (χ2n) is 4.36. The molecule has 0 radical (unpaired) electrons. The smallest absolute Gasteiger partial charge is 0.341 e. The van der Waals surface area contributed by atoms with Crippen molar-refractivity contribution >= 4 is 17.6 Å². The molecule has 0 bridgehead atoms. The molecule has 2 rings (SSSR count). The van der Waals surface area contributed by atoms with Crippen molar-refractivity contribution < 1.29 is 24.1 Å². The molecule has 0 saturated heterocycles. The Bertz CT molecular complexity index is 695. The third-order valence-electron chi connectivity index (χ3n) is 2.92. The Morgan fingerprint density at radius 3 is 2.45 bits per heavy atom. The lowest BCUT2D eigenvalue weighted by atomic mass is 10.1. The van der Waals surface area contributed by atoms with Gasteiger partial charge in [-0.15, -0.1) is 0 Å². The van der Waals surface area contributed by atoms with E-state index in [0.29, 0.717) is 11.3 Å². The number of halogens is 1. The number of hydrogen-bond donors (Lipinski definition) is 1. The quantitative estimate of drug-likeness (QED) is 0.906. The third-order valence-corrected chi connectivity index (χ3v) is 3.24. The number of ether oxygens (including phenoxy) is 3. The first kappa shape index (κ1) is 15.9. The summed E-state index contributed by atoms with van der Waals surface area (Å²) in [6, 6.07) is 6.28. The average molecular weight is 324 g/mol. The minimum absolute atomic E-state index is 0.0861. The fourth-order valence-corrected chi connectivity index (χ4v) is 2.06. The third kappa shape index (κ3) is 3.23. The minimum atomic E-state index is -1.18. The number of aromatic nitrogens is 1. The van der Waals surface area contributed by atoms with Crippen LogP contribution < -0.4 is 14.2 Å². The summed E-state index contributed by atoms with van der Waals surface area (Å²) in [7, 11) is 2.95. The number of carbonyl (C=O) groups is 1. The fourth-order valence-electron chi connectivity index (χ4n) is 1.83. The first-order valence-electron chi connectivity index (χ1n) is 6.26. The predicted octanol–water partition coefficient (Wildman–Crippen LogP) is 3.55. The van der Waals surface area contributed by atoms with Gasteiger partial charge in [0.05, 0.1) is 19.2 Å². The topological polar surface area (TPSA) is 77.9 Å². The summed E-state index contributed by atoms with van der Waals surface area (Å²) >= 11 is 5.95. The normalized spacial score (nSPS) is 10.2. The van der Waals surface area contributed by atoms with Crippen LogP contribution in [0, 0.1) is 6.92 Å². The first-order valence-corrected chi connectivity index (χ1v) is 6.64. The summed E-state index contributed by atoms with van der Waals surface area (Å²) < 4.78 is 15.8. The predicted molar refractivity (Wildman–Crippen MR) is 80.6 cm³/mol. The van der Waals surface area contributed by atoms with Crippen molar-refractivity contribution in [2.24, 2.45) is 0 Å². The Labute approximate surface area is 132 Å². The Hall–Kier alpha value is -2.47. The Morgan fingerprint density at radius 1 is 1.18 bits per heavy atom. The van der Waals surface area contributed by atoms with Crippen LogP contribution in [0.5, 0.6) is 23.3 Å². The summed E-state index contributed by atoms with van der Waals surface area (Å²) in [5.41, 5.74) is 0.496. The molecule has 0 spiro atoms. The standard InChI is InChI=1S/C15H14ClNO5/c1-8-4-5-10(16)13(15(18)19)14(8)22-12-7-9(20-2)6-11(17-12)21-3/h4-7H,1-3H3,(H,18,19). The van der Waals surface area contributed by atoms with E-state index in [0.717, 1.165) is 0 Å². The first-order chi connectivity index (χ1) is 10.5. The minimum Gasteiger partial charge on any atom is -0.496 e. The molecule has 116 valence electrons. The van der Waals surface area contributed by atoms with E-state index in [4.69, 9.17) is 25.8 Å². The van der Waals surface area contributed by atoms with E-state index in [1.807, 2.05) is 0 Å². The summed E-state index contributed by atoms with van der Waals surface area (Å²) in [6.07, 6.45) is 0. The number of nitrogens with zero attached hydrogens (tertiary/aromatic N) is 1. The molecular weight excluding hydrogens is 310 g/mol. The van der Waals surface area contributed by atoms with E-state index in [1.54, 1.807) is 19.1 Å². The number of carboxylic acids is 1. The van der Waals surface area contributed by atoms with E-state index in [-0.39, 0.29) is 28.1 Å². The van der Waals surface area contributed by atoms with Crippen molar-refractivity contribution in [1.82, 2.24) is 4.98 Å². The Morgan fingerprint density at radius 2 is 1.86 bits per heavy atom. The van der Waals surface area contributed by atoms with Gasteiger partial charge in [0.2, 0.25) is 11.8 Å². The van der Waals surface area contributed by atoms with E-state index >= 15 is 0 Å². The van der Waals surface area contributed by atoms with Crippen LogP contribution in [0.25, 0.3) is 0 Å². The molecule has 6 nitrogen and oxygen atoms in total. The molecule has 1 heterocycles. The number of aryl methyl sites for hydroxylation is 1. The molecule has 0 aliphatic carbocycles. The van der Waals surface area contributed by atoms with E-state index in [2.05, 4.69) is 4.98 Å². The van der Waals surface area contributed by atoms with Gasteiger partial charge in [0.15, 0.2) is 0 Å². The van der Waals surface area contributed by atoms with Gasteiger partial charge in [-0.05, 0) is 18.6 Å². The van der Waals surface area contributed by atoms with Crippen LogP contribution >= 0.6 is 11.6 Å². The van der Waals surface area contributed by atoms with Crippen LogP contribution in [0.15, 0.2) is 24.3 Å². The molecular formula is C15H14ClNO5. The summed E-state index contributed by atoms with van der Waals surface area (Å²) in [5, 5.41) is 9.40. The van der Waals surface area contributed by atoms with E-state index in [1.165, 1.54) is 26.4 Å². The van der Waals surface area contributed by atoms with Crippen LogP contribution in [0.4, 0.5) is 0 Å². The fraction of sp³-hybridized carbons (Fsp3) is 0.200. The van der Waals surface area contributed by atoms with Gasteiger partial charge in [-0.1, -0.05) is 17.7 Å². The Kier molecular flexibility index (Phi) is 4.72. The molecule has 0 aliphatic rings. The van der Waals surface area contributed by atoms with Crippen molar-refractivity contribution in [2.75, 3.05) is 14.2 Å². The highest BCUT2D eigenvalue weighted by atomic mass is 35.5. The van der Waals surface area contributed by atoms with Gasteiger partial charge in [0.25, 0.3) is 0 Å². The van der Waals surface area contributed by atoms with Crippen LogP contribution in [0.2, 0.25) is 5.02 Å². The SMILES string of the molecule is COc1cc(OC)nc(Oc2c(C)ccc(Cl)c2C(=O)O)c1. The lowest BCUT2D eigenvalue weighted by Crippen LogP contribution is -2.04. The van der Waals surface area contributed by atoms with Gasteiger partial charge in [-0.25, -0.2) is 4.79 Å². The lowest BCUT2D eigenvalue weighted by molar-refractivity contribution is 0.0694. The molecule has 0 aliphatic heterocycles. The number of aromatic carboxylic acids is 1. The second-order valence-corrected chi connectivity index (χ2v) is 4.77. The highest BCUT2D eigenvalue weighted by Crippen LogP contribution is 2.35. The molecule has 22 heavy (non-hydrogen) atoms. The zero-order valence-electron chi connectivity index (χ0n) is 12.2. The van der Waals surface area contributed by atoms with Crippen LogP contribution in [0.3, 0.4) is 0 Å². The number of carboxylic acid groups (broad SMARTS) is 1. The summed E-state index contributed by atoms with van der Waals surface area (Å²) in [6.45, 7) is 1.72. The van der Waals surface area contributed by atoms with Gasteiger partial charge in [0, 0.05) is 12.1 Å². The van der Waals surface area contributed by atoms with Crippen molar-refractivity contribution in [3.05, 3.63) is 40.4 Å². The van der Waals surface area contributed by atoms with Crippen LogP contribution in [-0.4, -0.2) is 30.3 Å². The maximum absolute atomic E-state index is 11.4. The second kappa shape index (κ2) is 6.53. The van der Waals surface area contributed by atoms with Crippen LogP contribution in [0.1, 0.15) is 15.9 Å². The zero-order chi connectivity index (χ0) is 16.3. The number of rotatable bonds is 5. The van der Waals surface area contributed by atoms with Gasteiger partial charge in [0.1, 0.15) is 17.1 Å². The van der Waals surface area contributed by atoms with Gasteiger partial charge < -0.3 is 19.3 Å². The monoisotopic (exact) mass is 323 g/mol. The molecule has 0 atom stereocenters. The van der Waals surface area contributed by atoms with Crippen LogP contribution in [-0.2, 0) is 0 Å². The summed E-state index contributed by atoms with van der Waals surface area (Å²) in [4.78, 5) is 15.5. The molecule has 1 aromatic heterocycles. The molecule has 7 heteroatoms. The number of methoxy groups -OCH3 is 2. The van der Waals surface area contributed by atoms with Gasteiger partial charge in [-0.2, -0.15) is 4.98 Å². The van der Waals surface area contributed by atoms with Gasteiger partial charge in [-0.3, -0.25) is 0 Å². The molecule has 2 aromatic rings. The number of pyridine rings is 1. The molecule has 0 fully saturated rings.